The van der Waals surface area contributed by atoms with Crippen molar-refractivity contribution in [3.05, 3.63) is 80.3 Å². The third-order valence-electron chi connectivity index (χ3n) is 4.45. The maximum atomic E-state index is 12.6. The zero-order chi connectivity index (χ0) is 20.4. The summed E-state index contributed by atoms with van der Waals surface area (Å²) in [5.41, 5.74) is 1.91. The number of ether oxygens (including phenoxy) is 1. The number of hydrogen-bond acceptors (Lipinski definition) is 6. The molecule has 29 heavy (non-hydrogen) atoms. The van der Waals surface area contributed by atoms with Crippen LogP contribution in [0.1, 0.15) is 29.1 Å². The molecule has 1 unspecified atom stereocenters. The number of fused-ring (bicyclic) bond motifs is 1. The molecule has 0 aliphatic heterocycles. The van der Waals surface area contributed by atoms with Crippen LogP contribution in [0.15, 0.2) is 53.6 Å². The van der Waals surface area contributed by atoms with E-state index in [9.17, 15) is 4.79 Å². The summed E-state index contributed by atoms with van der Waals surface area (Å²) in [6.07, 6.45) is 3.51. The Morgan fingerprint density at radius 3 is 2.86 bits per heavy atom. The number of H-pyrrole nitrogens is 1. The second kappa shape index (κ2) is 8.23. The minimum Gasteiger partial charge on any atom is -0.486 e. The lowest BCUT2D eigenvalue weighted by atomic mass is 10.1. The number of nitrogens with zero attached hydrogens (tertiary/aromatic N) is 2. The summed E-state index contributed by atoms with van der Waals surface area (Å²) < 4.78 is 5.79. The first kappa shape index (κ1) is 19.4. The number of aryl methyl sites for hydroxylation is 1. The van der Waals surface area contributed by atoms with Gasteiger partial charge >= 0.3 is 0 Å². The summed E-state index contributed by atoms with van der Waals surface area (Å²) in [5.74, 6) is 0.498. The molecule has 2 N–H and O–H groups in total. The number of aromatic nitrogens is 3. The lowest BCUT2D eigenvalue weighted by Gasteiger charge is -2.14. The molecule has 0 bridgehead atoms. The van der Waals surface area contributed by atoms with Crippen molar-refractivity contribution >= 4 is 39.0 Å². The molecule has 0 spiro atoms. The van der Waals surface area contributed by atoms with Crippen LogP contribution in [0, 0.1) is 6.92 Å². The van der Waals surface area contributed by atoms with Crippen LogP contribution in [0.3, 0.4) is 0 Å². The van der Waals surface area contributed by atoms with E-state index in [4.69, 9.17) is 16.3 Å². The van der Waals surface area contributed by atoms with Crippen molar-refractivity contribution in [2.75, 3.05) is 5.32 Å². The number of benzene rings is 1. The normalized spacial score (nSPS) is 12.1. The molecule has 0 amide bonds. The third kappa shape index (κ3) is 4.41. The van der Waals surface area contributed by atoms with Gasteiger partial charge in [-0.15, -0.1) is 11.3 Å². The average Bonchev–Trinajstić information content (AvgIpc) is 3.11. The molecule has 6 nitrogen and oxygen atoms in total. The van der Waals surface area contributed by atoms with Gasteiger partial charge in [0.15, 0.2) is 5.13 Å². The van der Waals surface area contributed by atoms with Crippen LogP contribution in [0.5, 0.6) is 5.75 Å². The molecule has 3 aromatic heterocycles. The van der Waals surface area contributed by atoms with Crippen molar-refractivity contribution in [3.8, 4) is 5.75 Å². The topological polar surface area (TPSA) is 79.9 Å². The van der Waals surface area contributed by atoms with E-state index in [2.05, 4.69) is 20.3 Å². The molecule has 1 aromatic carbocycles. The van der Waals surface area contributed by atoms with Crippen molar-refractivity contribution < 1.29 is 4.74 Å². The Morgan fingerprint density at radius 1 is 1.28 bits per heavy atom. The van der Waals surface area contributed by atoms with E-state index in [1.807, 2.05) is 38.1 Å². The van der Waals surface area contributed by atoms with Gasteiger partial charge in [-0.1, -0.05) is 17.7 Å². The fourth-order valence-electron chi connectivity index (χ4n) is 2.98. The largest absolute Gasteiger partial charge is 0.486 e. The third-order valence-corrected chi connectivity index (χ3v) is 5.59. The first-order valence-electron chi connectivity index (χ1n) is 9.08. The SMILES string of the molecule is Cc1cnc(NC(C)c2cc3cc(Cl)c(OCc4ccccn4)cc3[nH]c2=O)s1. The first-order valence-corrected chi connectivity index (χ1v) is 10.3. The molecule has 0 aliphatic carbocycles. The number of anilines is 1. The van der Waals surface area contributed by atoms with Crippen LogP contribution in [-0.2, 0) is 6.61 Å². The molecule has 4 rings (SSSR count). The maximum absolute atomic E-state index is 12.6. The Hall–Kier alpha value is -2.90. The Bertz CT molecular complexity index is 1210. The van der Waals surface area contributed by atoms with Crippen molar-refractivity contribution in [3.63, 3.8) is 0 Å². The van der Waals surface area contributed by atoms with E-state index in [-0.39, 0.29) is 11.6 Å². The molecule has 1 atom stereocenters. The second-order valence-electron chi connectivity index (χ2n) is 6.68. The highest BCUT2D eigenvalue weighted by Gasteiger charge is 2.14. The fraction of sp³-hybridized carbons (Fsp3) is 0.190. The van der Waals surface area contributed by atoms with E-state index in [0.717, 1.165) is 21.1 Å². The van der Waals surface area contributed by atoms with Crippen LogP contribution in [0.2, 0.25) is 5.02 Å². The first-order chi connectivity index (χ1) is 14.0. The highest BCUT2D eigenvalue weighted by molar-refractivity contribution is 7.15. The summed E-state index contributed by atoms with van der Waals surface area (Å²) >= 11 is 7.96. The smallest absolute Gasteiger partial charge is 0.253 e. The van der Waals surface area contributed by atoms with Crippen LogP contribution in [0.4, 0.5) is 5.13 Å². The summed E-state index contributed by atoms with van der Waals surface area (Å²) in [7, 11) is 0. The van der Waals surface area contributed by atoms with Crippen LogP contribution in [-0.4, -0.2) is 15.0 Å². The molecular weight excluding hydrogens is 408 g/mol. The van der Waals surface area contributed by atoms with Crippen LogP contribution >= 0.6 is 22.9 Å². The summed E-state index contributed by atoms with van der Waals surface area (Å²) in [6, 6.07) is 10.8. The lowest BCUT2D eigenvalue weighted by molar-refractivity contribution is 0.302. The zero-order valence-corrected chi connectivity index (χ0v) is 17.5. The van der Waals surface area contributed by atoms with Gasteiger partial charge in [-0.05, 0) is 38.1 Å². The summed E-state index contributed by atoms with van der Waals surface area (Å²) in [4.78, 5) is 25.2. The van der Waals surface area contributed by atoms with Crippen LogP contribution in [0.25, 0.3) is 10.9 Å². The number of thiazole rings is 1. The van der Waals surface area contributed by atoms with Crippen molar-refractivity contribution in [2.45, 2.75) is 26.5 Å². The maximum Gasteiger partial charge on any atom is 0.253 e. The standard InChI is InChI=1S/C21H19ClN4O2S/c1-12-10-24-21(29-12)25-13(2)16-7-14-8-17(22)19(9-18(14)26-20(16)27)28-11-15-5-3-4-6-23-15/h3-10,13H,11H2,1-2H3,(H,24,25)(H,26,27). The van der Waals surface area contributed by atoms with Gasteiger partial charge in [-0.2, -0.15) is 0 Å². The van der Waals surface area contributed by atoms with E-state index in [0.29, 0.717) is 28.5 Å². The van der Waals surface area contributed by atoms with Gasteiger partial charge in [-0.3, -0.25) is 9.78 Å². The fourth-order valence-corrected chi connectivity index (χ4v) is 3.95. The van der Waals surface area contributed by atoms with Gasteiger partial charge in [-0.25, -0.2) is 4.98 Å². The molecule has 148 valence electrons. The molecule has 8 heteroatoms. The number of pyridine rings is 2. The minimum absolute atomic E-state index is 0.163. The number of aromatic amines is 1. The lowest BCUT2D eigenvalue weighted by Crippen LogP contribution is -2.19. The minimum atomic E-state index is -0.201. The number of rotatable bonds is 6. The Kier molecular flexibility index (Phi) is 5.51. The van der Waals surface area contributed by atoms with Gasteiger partial charge in [0.05, 0.1) is 22.3 Å². The van der Waals surface area contributed by atoms with E-state index < -0.39 is 0 Å². The van der Waals surface area contributed by atoms with Crippen molar-refractivity contribution in [2.24, 2.45) is 0 Å². The van der Waals surface area contributed by atoms with Gasteiger partial charge in [0.1, 0.15) is 12.4 Å². The summed E-state index contributed by atoms with van der Waals surface area (Å²) in [5, 5.41) is 5.36. The van der Waals surface area contributed by atoms with Gasteiger partial charge < -0.3 is 15.0 Å². The molecule has 3 heterocycles. The molecule has 0 radical (unpaired) electrons. The zero-order valence-electron chi connectivity index (χ0n) is 15.9. The number of nitrogens with one attached hydrogen (secondary N) is 2. The molecule has 4 aromatic rings. The quantitative estimate of drug-likeness (QED) is 0.448. The van der Waals surface area contributed by atoms with E-state index in [1.165, 1.54) is 0 Å². The second-order valence-corrected chi connectivity index (χ2v) is 8.32. The molecule has 0 fully saturated rings. The van der Waals surface area contributed by atoms with Crippen molar-refractivity contribution in [1.29, 1.82) is 0 Å². The highest BCUT2D eigenvalue weighted by Crippen LogP contribution is 2.31. The Labute approximate surface area is 176 Å². The predicted octanol–water partition coefficient (Wildman–Crippen LogP) is 5.09. The molecule has 0 saturated heterocycles. The van der Waals surface area contributed by atoms with Crippen LogP contribution < -0.4 is 15.6 Å². The average molecular weight is 427 g/mol. The van der Waals surface area contributed by atoms with Gasteiger partial charge in [0.2, 0.25) is 0 Å². The summed E-state index contributed by atoms with van der Waals surface area (Å²) in [6.45, 7) is 4.22. The molecule has 0 saturated carbocycles. The predicted molar refractivity (Wildman–Crippen MR) is 117 cm³/mol. The van der Waals surface area contributed by atoms with Crippen molar-refractivity contribution in [1.82, 2.24) is 15.0 Å². The Morgan fingerprint density at radius 2 is 2.14 bits per heavy atom. The molecule has 0 aliphatic rings. The van der Waals surface area contributed by atoms with Gasteiger partial charge in [0.25, 0.3) is 5.56 Å². The van der Waals surface area contributed by atoms with E-state index >= 15 is 0 Å². The Balaban J connectivity index is 1.59. The van der Waals surface area contributed by atoms with Gasteiger partial charge in [0, 0.05) is 34.3 Å². The highest BCUT2D eigenvalue weighted by atomic mass is 35.5. The number of hydrogen-bond donors (Lipinski definition) is 2. The monoisotopic (exact) mass is 426 g/mol. The van der Waals surface area contributed by atoms with E-state index in [1.54, 1.807) is 35.9 Å². The number of halogens is 1. The molecular formula is C21H19ClN4O2S.